The molecule has 2 rings (SSSR count). The van der Waals surface area contributed by atoms with Gasteiger partial charge in [-0.1, -0.05) is 49.7 Å². The molecule has 0 unspecified atom stereocenters. The fourth-order valence-electron chi connectivity index (χ4n) is 2.15. The normalized spacial score (nSPS) is 10.7. The Bertz CT molecular complexity index is 494. The van der Waals surface area contributed by atoms with E-state index in [1.807, 2.05) is 26.0 Å². The van der Waals surface area contributed by atoms with Crippen LogP contribution in [0, 0.1) is 0 Å². The maximum absolute atomic E-state index is 5.66. The molecule has 0 aliphatic rings. The van der Waals surface area contributed by atoms with Gasteiger partial charge < -0.3 is 4.74 Å². The molecule has 0 fully saturated rings. The van der Waals surface area contributed by atoms with Gasteiger partial charge in [-0.15, -0.1) is 0 Å². The van der Waals surface area contributed by atoms with Crippen molar-refractivity contribution in [3.63, 3.8) is 0 Å². The second-order valence-corrected chi connectivity index (χ2v) is 5.14. The summed E-state index contributed by atoms with van der Waals surface area (Å²) in [5, 5.41) is 0. The Kier molecular flexibility index (Phi) is 4.62. The minimum absolute atomic E-state index is 0.221. The number of aryl methyl sites for hydroxylation is 1. The molecule has 0 spiro atoms. The second-order valence-electron chi connectivity index (χ2n) is 5.14. The van der Waals surface area contributed by atoms with Gasteiger partial charge in [0.15, 0.2) is 0 Å². The SMILES string of the molecule is CCCc1ccc(-c2ccc(OC(C)C)cc2)cc1. The molecule has 1 heteroatoms. The third-order valence-corrected chi connectivity index (χ3v) is 3.05. The lowest BCUT2D eigenvalue weighted by molar-refractivity contribution is 0.242. The van der Waals surface area contributed by atoms with Crippen molar-refractivity contribution in [2.75, 3.05) is 0 Å². The molecule has 0 saturated carbocycles. The van der Waals surface area contributed by atoms with Gasteiger partial charge in [-0.05, 0) is 49.1 Å². The fraction of sp³-hybridized carbons (Fsp3) is 0.333. The van der Waals surface area contributed by atoms with Gasteiger partial charge >= 0.3 is 0 Å². The Morgan fingerprint density at radius 3 is 1.84 bits per heavy atom. The molecule has 19 heavy (non-hydrogen) atoms. The van der Waals surface area contributed by atoms with Gasteiger partial charge in [-0.3, -0.25) is 0 Å². The molecule has 0 saturated heterocycles. The lowest BCUT2D eigenvalue weighted by atomic mass is 10.0. The summed E-state index contributed by atoms with van der Waals surface area (Å²) in [6, 6.07) is 17.1. The van der Waals surface area contributed by atoms with Gasteiger partial charge in [0.1, 0.15) is 5.75 Å². The smallest absolute Gasteiger partial charge is 0.119 e. The van der Waals surface area contributed by atoms with E-state index in [0.29, 0.717) is 0 Å². The highest BCUT2D eigenvalue weighted by Gasteiger charge is 2.00. The zero-order valence-electron chi connectivity index (χ0n) is 12.0. The standard InChI is InChI=1S/C18H22O/c1-4-5-15-6-8-16(9-7-15)17-10-12-18(13-11-17)19-14(2)3/h6-14H,4-5H2,1-3H3. The molecule has 2 aromatic rings. The molecule has 1 nitrogen and oxygen atoms in total. The van der Waals surface area contributed by atoms with Gasteiger partial charge in [0.05, 0.1) is 6.10 Å². The van der Waals surface area contributed by atoms with Gasteiger partial charge in [0.2, 0.25) is 0 Å². The van der Waals surface area contributed by atoms with Crippen LogP contribution in [-0.4, -0.2) is 6.10 Å². The minimum atomic E-state index is 0.221. The Labute approximate surface area is 116 Å². The van der Waals surface area contributed by atoms with Crippen LogP contribution in [-0.2, 0) is 6.42 Å². The summed E-state index contributed by atoms with van der Waals surface area (Å²) in [5.74, 6) is 0.932. The van der Waals surface area contributed by atoms with E-state index < -0.39 is 0 Å². The molecule has 0 aliphatic heterocycles. The van der Waals surface area contributed by atoms with Crippen LogP contribution in [0.4, 0.5) is 0 Å². The van der Waals surface area contributed by atoms with Crippen molar-refractivity contribution in [2.45, 2.75) is 39.7 Å². The van der Waals surface area contributed by atoms with E-state index in [9.17, 15) is 0 Å². The molecule has 0 radical (unpaired) electrons. The van der Waals surface area contributed by atoms with Crippen LogP contribution in [0.15, 0.2) is 48.5 Å². The Morgan fingerprint density at radius 2 is 1.37 bits per heavy atom. The van der Waals surface area contributed by atoms with E-state index in [2.05, 4.69) is 43.3 Å². The third kappa shape index (κ3) is 3.85. The van der Waals surface area contributed by atoms with Crippen LogP contribution in [0.5, 0.6) is 5.75 Å². The zero-order valence-corrected chi connectivity index (χ0v) is 12.0. The zero-order chi connectivity index (χ0) is 13.7. The molecule has 0 N–H and O–H groups in total. The van der Waals surface area contributed by atoms with Crippen LogP contribution < -0.4 is 4.74 Å². The summed E-state index contributed by atoms with van der Waals surface area (Å²) < 4.78 is 5.66. The summed E-state index contributed by atoms with van der Waals surface area (Å²) in [6.07, 6.45) is 2.57. The van der Waals surface area contributed by atoms with E-state index in [4.69, 9.17) is 4.74 Å². The summed E-state index contributed by atoms with van der Waals surface area (Å²) in [4.78, 5) is 0. The predicted octanol–water partition coefficient (Wildman–Crippen LogP) is 5.09. The summed E-state index contributed by atoms with van der Waals surface area (Å²) >= 11 is 0. The van der Waals surface area contributed by atoms with Crippen molar-refractivity contribution < 1.29 is 4.74 Å². The molecule has 0 heterocycles. The first-order valence-corrected chi connectivity index (χ1v) is 7.05. The maximum Gasteiger partial charge on any atom is 0.119 e. The molecule has 0 aromatic heterocycles. The van der Waals surface area contributed by atoms with Crippen molar-refractivity contribution in [1.82, 2.24) is 0 Å². The van der Waals surface area contributed by atoms with Crippen LogP contribution in [0.25, 0.3) is 11.1 Å². The van der Waals surface area contributed by atoms with Crippen LogP contribution in [0.1, 0.15) is 32.8 Å². The molecule has 0 atom stereocenters. The highest BCUT2D eigenvalue weighted by Crippen LogP contribution is 2.23. The van der Waals surface area contributed by atoms with Crippen molar-refractivity contribution >= 4 is 0 Å². The average Bonchev–Trinajstić information content (AvgIpc) is 2.40. The topological polar surface area (TPSA) is 9.23 Å². The Hall–Kier alpha value is -1.76. The van der Waals surface area contributed by atoms with Crippen LogP contribution in [0.2, 0.25) is 0 Å². The van der Waals surface area contributed by atoms with Crippen molar-refractivity contribution in [3.05, 3.63) is 54.1 Å². The number of hydrogen-bond donors (Lipinski definition) is 0. The van der Waals surface area contributed by atoms with E-state index in [1.165, 1.54) is 23.1 Å². The maximum atomic E-state index is 5.66. The Balaban J connectivity index is 2.13. The molecule has 100 valence electrons. The highest BCUT2D eigenvalue weighted by atomic mass is 16.5. The van der Waals surface area contributed by atoms with Crippen molar-refractivity contribution in [3.8, 4) is 16.9 Å². The molecular formula is C18H22O. The summed E-state index contributed by atoms with van der Waals surface area (Å²) in [6.45, 7) is 6.29. The van der Waals surface area contributed by atoms with E-state index in [0.717, 1.165) is 12.2 Å². The monoisotopic (exact) mass is 254 g/mol. The first-order valence-electron chi connectivity index (χ1n) is 7.05. The number of benzene rings is 2. The van der Waals surface area contributed by atoms with E-state index in [-0.39, 0.29) is 6.10 Å². The first kappa shape index (κ1) is 13.7. The van der Waals surface area contributed by atoms with Crippen molar-refractivity contribution in [2.24, 2.45) is 0 Å². The quantitative estimate of drug-likeness (QED) is 0.722. The first-order chi connectivity index (χ1) is 9.19. The number of rotatable bonds is 5. The van der Waals surface area contributed by atoms with Gasteiger partial charge in [0.25, 0.3) is 0 Å². The minimum Gasteiger partial charge on any atom is -0.491 e. The van der Waals surface area contributed by atoms with E-state index >= 15 is 0 Å². The molecule has 0 aliphatic carbocycles. The fourth-order valence-corrected chi connectivity index (χ4v) is 2.15. The number of ether oxygens (including phenoxy) is 1. The Morgan fingerprint density at radius 1 is 0.842 bits per heavy atom. The van der Waals surface area contributed by atoms with Gasteiger partial charge in [-0.25, -0.2) is 0 Å². The molecule has 0 amide bonds. The van der Waals surface area contributed by atoms with E-state index in [1.54, 1.807) is 0 Å². The lowest BCUT2D eigenvalue weighted by Crippen LogP contribution is -2.05. The summed E-state index contributed by atoms with van der Waals surface area (Å²) in [7, 11) is 0. The molecular weight excluding hydrogens is 232 g/mol. The number of hydrogen-bond acceptors (Lipinski definition) is 1. The predicted molar refractivity (Wildman–Crippen MR) is 81.6 cm³/mol. The largest absolute Gasteiger partial charge is 0.491 e. The van der Waals surface area contributed by atoms with Crippen LogP contribution in [0.3, 0.4) is 0 Å². The van der Waals surface area contributed by atoms with Crippen molar-refractivity contribution in [1.29, 1.82) is 0 Å². The third-order valence-electron chi connectivity index (χ3n) is 3.05. The second kappa shape index (κ2) is 6.42. The van der Waals surface area contributed by atoms with Gasteiger partial charge in [-0.2, -0.15) is 0 Å². The molecule has 0 bridgehead atoms. The molecule has 2 aromatic carbocycles. The highest BCUT2D eigenvalue weighted by molar-refractivity contribution is 5.64. The lowest BCUT2D eigenvalue weighted by Gasteiger charge is -2.10. The van der Waals surface area contributed by atoms with Gasteiger partial charge in [0, 0.05) is 0 Å². The summed E-state index contributed by atoms with van der Waals surface area (Å²) in [5.41, 5.74) is 3.90. The average molecular weight is 254 g/mol. The van der Waals surface area contributed by atoms with Crippen LogP contribution >= 0.6 is 0 Å².